The van der Waals surface area contributed by atoms with Crippen molar-refractivity contribution in [1.29, 1.82) is 0 Å². The number of nitrogens with two attached hydrogens (primary N) is 1. The smallest absolute Gasteiger partial charge is 0.307 e. The maximum atomic E-state index is 12.0. The van der Waals surface area contributed by atoms with Crippen LogP contribution in [0.2, 0.25) is 0 Å². The van der Waals surface area contributed by atoms with Crippen LogP contribution in [0.5, 0.6) is 0 Å². The quantitative estimate of drug-likeness (QED) is 0.719. The van der Waals surface area contributed by atoms with Gasteiger partial charge in [-0.1, -0.05) is 0 Å². The molecule has 5 heteroatoms. The Morgan fingerprint density at radius 1 is 1.41 bits per heavy atom. The second-order valence-electron chi connectivity index (χ2n) is 4.41. The fourth-order valence-electron chi connectivity index (χ4n) is 2.21. The van der Waals surface area contributed by atoms with Crippen LogP contribution >= 0.6 is 0 Å². The molecule has 1 amide bonds. The lowest BCUT2D eigenvalue weighted by Crippen LogP contribution is -2.44. The van der Waals surface area contributed by atoms with E-state index in [0.29, 0.717) is 25.8 Å². The Hall–Kier alpha value is -1.10. The molecule has 0 aromatic rings. The number of ether oxygens (including phenoxy) is 1. The molecule has 1 fully saturated rings. The molecular weight excluding hydrogens is 220 g/mol. The predicted octanol–water partition coefficient (Wildman–Crippen LogP) is 0.669. The van der Waals surface area contributed by atoms with Crippen molar-refractivity contribution in [2.75, 3.05) is 20.2 Å². The van der Waals surface area contributed by atoms with Crippen LogP contribution in [-0.4, -0.2) is 43.0 Å². The molecule has 0 spiro atoms. The normalized spacial score (nSPS) is 20.1. The van der Waals surface area contributed by atoms with Crippen LogP contribution in [-0.2, 0) is 14.3 Å². The summed E-state index contributed by atoms with van der Waals surface area (Å²) in [6.45, 7) is 1.28. The molecule has 0 aliphatic carbocycles. The first-order valence-electron chi connectivity index (χ1n) is 6.25. The number of methoxy groups -OCH3 is 1. The van der Waals surface area contributed by atoms with Gasteiger partial charge in [-0.05, 0) is 32.2 Å². The minimum absolute atomic E-state index is 0.0153. The molecule has 1 unspecified atom stereocenters. The maximum Gasteiger partial charge on any atom is 0.307 e. The maximum absolute atomic E-state index is 12.0. The first kappa shape index (κ1) is 14.0. The molecule has 98 valence electrons. The molecule has 17 heavy (non-hydrogen) atoms. The van der Waals surface area contributed by atoms with E-state index in [9.17, 15) is 9.59 Å². The van der Waals surface area contributed by atoms with Crippen molar-refractivity contribution in [3.8, 4) is 0 Å². The Morgan fingerprint density at radius 3 is 2.82 bits per heavy atom. The lowest BCUT2D eigenvalue weighted by Gasteiger charge is -2.35. The molecule has 1 aliphatic heterocycles. The summed E-state index contributed by atoms with van der Waals surface area (Å²) in [4.78, 5) is 25.1. The van der Waals surface area contributed by atoms with Crippen molar-refractivity contribution in [2.24, 2.45) is 5.73 Å². The molecular formula is C12H22N2O3. The van der Waals surface area contributed by atoms with E-state index < -0.39 is 0 Å². The van der Waals surface area contributed by atoms with Gasteiger partial charge >= 0.3 is 5.97 Å². The van der Waals surface area contributed by atoms with Gasteiger partial charge in [0.05, 0.1) is 13.5 Å². The summed E-state index contributed by atoms with van der Waals surface area (Å²) in [5.41, 5.74) is 5.40. The highest BCUT2D eigenvalue weighted by atomic mass is 16.5. The molecule has 0 bridgehead atoms. The number of nitrogens with zero attached hydrogens (tertiary/aromatic N) is 1. The third-order valence-electron chi connectivity index (χ3n) is 3.17. The molecule has 1 rings (SSSR count). The zero-order valence-electron chi connectivity index (χ0n) is 10.5. The monoisotopic (exact) mass is 242 g/mol. The summed E-state index contributed by atoms with van der Waals surface area (Å²) >= 11 is 0. The molecule has 0 aromatic carbocycles. The number of piperidine rings is 1. The minimum atomic E-state index is -0.242. The molecule has 0 aromatic heterocycles. The molecule has 5 nitrogen and oxygen atoms in total. The average molecular weight is 242 g/mol. The summed E-state index contributed by atoms with van der Waals surface area (Å²) in [5.74, 6) is -0.127. The summed E-state index contributed by atoms with van der Waals surface area (Å²) < 4.78 is 4.67. The second-order valence-corrected chi connectivity index (χ2v) is 4.41. The first-order chi connectivity index (χ1) is 8.19. The van der Waals surface area contributed by atoms with E-state index in [1.807, 2.05) is 4.90 Å². The molecule has 1 heterocycles. The van der Waals surface area contributed by atoms with Gasteiger partial charge in [0.25, 0.3) is 0 Å². The zero-order valence-corrected chi connectivity index (χ0v) is 10.5. The number of hydrogen-bond donors (Lipinski definition) is 1. The molecule has 1 aliphatic rings. The Kier molecular flexibility index (Phi) is 5.97. The SMILES string of the molecule is COC(=O)CC1CCCCN1C(=O)CCCN. The van der Waals surface area contributed by atoms with Gasteiger partial charge in [0.15, 0.2) is 0 Å². The van der Waals surface area contributed by atoms with E-state index in [-0.39, 0.29) is 17.9 Å². The highest BCUT2D eigenvalue weighted by molar-refractivity contribution is 5.78. The van der Waals surface area contributed by atoms with Crippen molar-refractivity contribution in [3.63, 3.8) is 0 Å². The standard InChI is InChI=1S/C12H22N2O3/c1-17-12(16)9-10-5-2-3-8-14(10)11(15)6-4-7-13/h10H,2-9,13H2,1H3. The zero-order chi connectivity index (χ0) is 12.7. The van der Waals surface area contributed by atoms with Crippen LogP contribution in [0.15, 0.2) is 0 Å². The van der Waals surface area contributed by atoms with Gasteiger partial charge in [0.2, 0.25) is 5.91 Å². The van der Waals surface area contributed by atoms with E-state index in [4.69, 9.17) is 5.73 Å². The fourth-order valence-corrected chi connectivity index (χ4v) is 2.21. The van der Waals surface area contributed by atoms with E-state index in [1.54, 1.807) is 0 Å². The number of carbonyl (C=O) groups is 2. The molecule has 0 radical (unpaired) electrons. The average Bonchev–Trinajstić information content (AvgIpc) is 2.36. The Balaban J connectivity index is 2.52. The topological polar surface area (TPSA) is 72.6 Å². The van der Waals surface area contributed by atoms with E-state index in [0.717, 1.165) is 25.8 Å². The van der Waals surface area contributed by atoms with Gasteiger partial charge in [-0.3, -0.25) is 9.59 Å². The van der Waals surface area contributed by atoms with Crippen LogP contribution in [0.25, 0.3) is 0 Å². The predicted molar refractivity (Wildman–Crippen MR) is 64.3 cm³/mol. The van der Waals surface area contributed by atoms with Crippen molar-refractivity contribution in [3.05, 3.63) is 0 Å². The van der Waals surface area contributed by atoms with Crippen LogP contribution in [0.4, 0.5) is 0 Å². The van der Waals surface area contributed by atoms with Gasteiger partial charge in [-0.2, -0.15) is 0 Å². The van der Waals surface area contributed by atoms with Gasteiger partial charge in [0, 0.05) is 19.0 Å². The number of esters is 1. The lowest BCUT2D eigenvalue weighted by molar-refractivity contribution is -0.144. The highest BCUT2D eigenvalue weighted by Gasteiger charge is 2.28. The van der Waals surface area contributed by atoms with Crippen molar-refractivity contribution < 1.29 is 14.3 Å². The first-order valence-corrected chi connectivity index (χ1v) is 6.25. The van der Waals surface area contributed by atoms with Gasteiger partial charge in [-0.25, -0.2) is 0 Å². The third kappa shape index (κ3) is 4.34. The van der Waals surface area contributed by atoms with Crippen molar-refractivity contribution >= 4 is 11.9 Å². The Morgan fingerprint density at radius 2 is 2.18 bits per heavy atom. The molecule has 1 saturated heterocycles. The van der Waals surface area contributed by atoms with Gasteiger partial charge in [-0.15, -0.1) is 0 Å². The Labute approximate surface area is 102 Å². The summed E-state index contributed by atoms with van der Waals surface area (Å²) in [5, 5.41) is 0. The largest absolute Gasteiger partial charge is 0.469 e. The van der Waals surface area contributed by atoms with Gasteiger partial charge in [0.1, 0.15) is 0 Å². The van der Waals surface area contributed by atoms with Gasteiger partial charge < -0.3 is 15.4 Å². The molecule has 2 N–H and O–H groups in total. The summed E-state index contributed by atoms with van der Waals surface area (Å²) in [6, 6.07) is 0.0153. The number of likely N-dealkylation sites (tertiary alicyclic amines) is 1. The molecule has 0 saturated carbocycles. The number of amides is 1. The lowest BCUT2D eigenvalue weighted by atomic mass is 9.98. The van der Waals surface area contributed by atoms with Crippen molar-refractivity contribution in [2.45, 2.75) is 44.6 Å². The van der Waals surface area contributed by atoms with Crippen LogP contribution < -0.4 is 5.73 Å². The molecule has 1 atom stereocenters. The van der Waals surface area contributed by atoms with Crippen LogP contribution in [0.1, 0.15) is 38.5 Å². The second kappa shape index (κ2) is 7.27. The minimum Gasteiger partial charge on any atom is -0.469 e. The summed E-state index contributed by atoms with van der Waals surface area (Å²) in [6.07, 6.45) is 4.48. The third-order valence-corrected chi connectivity index (χ3v) is 3.17. The van der Waals surface area contributed by atoms with E-state index >= 15 is 0 Å². The number of carbonyl (C=O) groups excluding carboxylic acids is 2. The Bertz CT molecular complexity index is 268. The fraction of sp³-hybridized carbons (Fsp3) is 0.833. The number of rotatable bonds is 5. The van der Waals surface area contributed by atoms with E-state index in [1.165, 1.54) is 7.11 Å². The summed E-state index contributed by atoms with van der Waals surface area (Å²) in [7, 11) is 1.38. The highest BCUT2D eigenvalue weighted by Crippen LogP contribution is 2.21. The van der Waals surface area contributed by atoms with Crippen LogP contribution in [0, 0.1) is 0 Å². The van der Waals surface area contributed by atoms with Crippen LogP contribution in [0.3, 0.4) is 0 Å². The van der Waals surface area contributed by atoms with Crippen molar-refractivity contribution in [1.82, 2.24) is 4.90 Å². The van der Waals surface area contributed by atoms with E-state index in [2.05, 4.69) is 4.74 Å². The number of hydrogen-bond acceptors (Lipinski definition) is 4.